The molecular weight excluding hydrogens is 376 g/mol. The highest BCUT2D eigenvalue weighted by Crippen LogP contribution is 2.29. The van der Waals surface area contributed by atoms with Crippen molar-refractivity contribution in [2.75, 3.05) is 5.32 Å². The van der Waals surface area contributed by atoms with Crippen molar-refractivity contribution >= 4 is 11.7 Å². The van der Waals surface area contributed by atoms with Gasteiger partial charge in [0, 0.05) is 36.4 Å². The molecule has 1 N–H and O–H groups in total. The Morgan fingerprint density at radius 3 is 2.53 bits per heavy atom. The maximum Gasteiger partial charge on any atom is 0.258 e. The summed E-state index contributed by atoms with van der Waals surface area (Å²) in [7, 11) is 0. The predicted molar refractivity (Wildman–Crippen MR) is 116 cm³/mol. The molecule has 0 aliphatic rings. The lowest BCUT2D eigenvalue weighted by atomic mass is 10.0. The van der Waals surface area contributed by atoms with Crippen LogP contribution in [0.5, 0.6) is 11.6 Å². The Morgan fingerprint density at radius 1 is 0.900 bits per heavy atom. The van der Waals surface area contributed by atoms with Gasteiger partial charge in [-0.3, -0.25) is 9.78 Å². The highest BCUT2D eigenvalue weighted by molar-refractivity contribution is 6.04. The van der Waals surface area contributed by atoms with E-state index in [1.807, 2.05) is 56.3 Å². The summed E-state index contributed by atoms with van der Waals surface area (Å²) in [5, 5.41) is 2.81. The molecule has 4 aromatic rings. The van der Waals surface area contributed by atoms with E-state index < -0.39 is 0 Å². The summed E-state index contributed by atoms with van der Waals surface area (Å²) in [6, 6.07) is 16.9. The lowest BCUT2D eigenvalue weighted by Gasteiger charge is -2.11. The van der Waals surface area contributed by atoms with Crippen molar-refractivity contribution in [3.05, 3.63) is 96.1 Å². The number of aromatic nitrogens is 3. The highest BCUT2D eigenvalue weighted by Gasteiger charge is 2.11. The summed E-state index contributed by atoms with van der Waals surface area (Å²) in [5.41, 5.74) is 4.40. The van der Waals surface area contributed by atoms with Crippen molar-refractivity contribution < 1.29 is 9.53 Å². The van der Waals surface area contributed by atoms with E-state index in [9.17, 15) is 4.79 Å². The molecule has 0 aliphatic heterocycles. The monoisotopic (exact) mass is 396 g/mol. The minimum absolute atomic E-state index is 0.234. The Bertz CT molecular complexity index is 1180. The second-order valence-corrected chi connectivity index (χ2v) is 6.82. The van der Waals surface area contributed by atoms with Crippen molar-refractivity contribution in [3.8, 4) is 22.8 Å². The number of carbonyl (C=O) groups excluding carboxylic acids is 1. The first-order chi connectivity index (χ1) is 14.6. The van der Waals surface area contributed by atoms with Crippen LogP contribution in [0.1, 0.15) is 21.5 Å². The maximum atomic E-state index is 12.4. The molecule has 0 fully saturated rings. The Labute approximate surface area is 174 Å². The quantitative estimate of drug-likeness (QED) is 0.502. The molecule has 0 bridgehead atoms. The molecular formula is C24H20N4O2. The molecule has 0 atom stereocenters. The molecule has 3 aromatic heterocycles. The Morgan fingerprint density at radius 2 is 1.80 bits per heavy atom. The van der Waals surface area contributed by atoms with Crippen LogP contribution in [0.15, 0.2) is 79.4 Å². The molecule has 0 unspecified atom stereocenters. The normalized spacial score (nSPS) is 10.5. The third kappa shape index (κ3) is 4.33. The lowest BCUT2D eigenvalue weighted by molar-refractivity contribution is 0.102. The molecule has 30 heavy (non-hydrogen) atoms. The van der Waals surface area contributed by atoms with E-state index in [4.69, 9.17) is 4.74 Å². The van der Waals surface area contributed by atoms with Gasteiger partial charge in [0.15, 0.2) is 0 Å². The van der Waals surface area contributed by atoms with Crippen molar-refractivity contribution in [2.45, 2.75) is 13.8 Å². The average Bonchev–Trinajstić information content (AvgIpc) is 2.77. The van der Waals surface area contributed by atoms with E-state index in [1.165, 1.54) is 0 Å². The fourth-order valence-electron chi connectivity index (χ4n) is 3.02. The van der Waals surface area contributed by atoms with Crippen LogP contribution in [0.25, 0.3) is 11.1 Å². The van der Waals surface area contributed by atoms with E-state index in [0.29, 0.717) is 23.0 Å². The summed E-state index contributed by atoms with van der Waals surface area (Å²) >= 11 is 0. The van der Waals surface area contributed by atoms with Gasteiger partial charge in [-0.2, -0.15) is 0 Å². The standard InChI is InChI=1S/C24H20N4O2/c1-16-6-8-19(30-23-5-3-4-11-26-23)13-20(16)18-7-9-22(27-14-18)28-24(29)21-15-25-12-10-17(21)2/h3-15H,1-2H3,(H,27,28,29). The maximum absolute atomic E-state index is 12.4. The van der Waals surface area contributed by atoms with E-state index in [0.717, 1.165) is 22.3 Å². The zero-order chi connectivity index (χ0) is 20.9. The molecule has 148 valence electrons. The Balaban J connectivity index is 1.53. The summed E-state index contributed by atoms with van der Waals surface area (Å²) in [4.78, 5) is 25.1. The topological polar surface area (TPSA) is 77.0 Å². The van der Waals surface area contributed by atoms with Gasteiger partial charge in [-0.1, -0.05) is 12.1 Å². The number of hydrogen-bond donors (Lipinski definition) is 1. The van der Waals surface area contributed by atoms with Crippen LogP contribution in [0.4, 0.5) is 5.82 Å². The number of rotatable bonds is 5. The van der Waals surface area contributed by atoms with E-state index in [-0.39, 0.29) is 5.91 Å². The van der Waals surface area contributed by atoms with Crippen molar-refractivity contribution in [1.82, 2.24) is 15.0 Å². The number of benzene rings is 1. The zero-order valence-corrected chi connectivity index (χ0v) is 16.7. The first-order valence-corrected chi connectivity index (χ1v) is 9.48. The molecule has 0 saturated heterocycles. The summed E-state index contributed by atoms with van der Waals surface area (Å²) in [6.45, 7) is 3.90. The minimum Gasteiger partial charge on any atom is -0.439 e. The van der Waals surface area contributed by atoms with Gasteiger partial charge < -0.3 is 10.1 Å². The summed E-state index contributed by atoms with van der Waals surface area (Å²) in [5.74, 6) is 1.47. The second kappa shape index (κ2) is 8.53. The molecule has 6 heteroatoms. The van der Waals surface area contributed by atoms with Gasteiger partial charge in [0.1, 0.15) is 11.6 Å². The molecule has 0 radical (unpaired) electrons. The number of carbonyl (C=O) groups is 1. The van der Waals surface area contributed by atoms with Crippen LogP contribution in [0, 0.1) is 13.8 Å². The molecule has 1 aromatic carbocycles. The molecule has 4 rings (SSSR count). The van der Waals surface area contributed by atoms with Crippen LogP contribution in [0.2, 0.25) is 0 Å². The van der Waals surface area contributed by atoms with Gasteiger partial charge in [0.2, 0.25) is 5.88 Å². The van der Waals surface area contributed by atoms with Gasteiger partial charge in [0.05, 0.1) is 5.56 Å². The number of nitrogens with zero attached hydrogens (tertiary/aromatic N) is 3. The van der Waals surface area contributed by atoms with E-state index in [1.54, 1.807) is 36.9 Å². The van der Waals surface area contributed by atoms with Crippen LogP contribution in [0.3, 0.4) is 0 Å². The predicted octanol–water partition coefficient (Wildman–Crippen LogP) is 5.20. The number of anilines is 1. The second-order valence-electron chi connectivity index (χ2n) is 6.82. The van der Waals surface area contributed by atoms with Gasteiger partial charge >= 0.3 is 0 Å². The summed E-state index contributed by atoms with van der Waals surface area (Å²) < 4.78 is 5.84. The van der Waals surface area contributed by atoms with E-state index in [2.05, 4.69) is 20.3 Å². The van der Waals surface area contributed by atoms with Gasteiger partial charge in [-0.15, -0.1) is 0 Å². The minimum atomic E-state index is -0.234. The highest BCUT2D eigenvalue weighted by atomic mass is 16.5. The number of amides is 1. The number of ether oxygens (including phenoxy) is 1. The molecule has 3 heterocycles. The van der Waals surface area contributed by atoms with Crippen molar-refractivity contribution in [2.24, 2.45) is 0 Å². The smallest absolute Gasteiger partial charge is 0.258 e. The average molecular weight is 396 g/mol. The Hall–Kier alpha value is -4.06. The third-order valence-electron chi connectivity index (χ3n) is 4.67. The number of nitrogens with one attached hydrogen (secondary N) is 1. The molecule has 0 saturated carbocycles. The van der Waals surface area contributed by atoms with Gasteiger partial charge in [0.25, 0.3) is 5.91 Å². The first-order valence-electron chi connectivity index (χ1n) is 9.48. The lowest BCUT2D eigenvalue weighted by Crippen LogP contribution is -2.14. The molecule has 0 aliphatic carbocycles. The van der Waals surface area contributed by atoms with Crippen LogP contribution >= 0.6 is 0 Å². The largest absolute Gasteiger partial charge is 0.439 e. The molecule has 0 spiro atoms. The number of hydrogen-bond acceptors (Lipinski definition) is 5. The number of aryl methyl sites for hydroxylation is 2. The van der Waals surface area contributed by atoms with Crippen molar-refractivity contribution in [1.29, 1.82) is 0 Å². The molecule has 6 nitrogen and oxygen atoms in total. The zero-order valence-electron chi connectivity index (χ0n) is 16.7. The fraction of sp³-hybridized carbons (Fsp3) is 0.0833. The van der Waals surface area contributed by atoms with Crippen LogP contribution < -0.4 is 10.1 Å². The fourth-order valence-corrected chi connectivity index (χ4v) is 3.02. The Kier molecular flexibility index (Phi) is 5.48. The van der Waals surface area contributed by atoms with Crippen molar-refractivity contribution in [3.63, 3.8) is 0 Å². The SMILES string of the molecule is Cc1ccncc1C(=O)Nc1ccc(-c2cc(Oc3ccccn3)ccc2C)cn1. The molecule has 1 amide bonds. The van der Waals surface area contributed by atoms with E-state index >= 15 is 0 Å². The van der Waals surface area contributed by atoms with Gasteiger partial charge in [-0.05, 0) is 66.9 Å². The van der Waals surface area contributed by atoms with Crippen LogP contribution in [-0.2, 0) is 0 Å². The number of pyridine rings is 3. The first kappa shape index (κ1) is 19.3. The summed E-state index contributed by atoms with van der Waals surface area (Å²) in [6.07, 6.45) is 6.63. The van der Waals surface area contributed by atoms with Gasteiger partial charge in [-0.25, -0.2) is 9.97 Å². The third-order valence-corrected chi connectivity index (χ3v) is 4.67. The van der Waals surface area contributed by atoms with Crippen LogP contribution in [-0.4, -0.2) is 20.9 Å².